The zero-order valence-electron chi connectivity index (χ0n) is 13.2. The van der Waals surface area contributed by atoms with Crippen molar-refractivity contribution in [1.82, 2.24) is 4.98 Å². The smallest absolute Gasteiger partial charge is 0.305 e. The van der Waals surface area contributed by atoms with E-state index in [-0.39, 0.29) is 18.8 Å². The zero-order chi connectivity index (χ0) is 16.8. The summed E-state index contributed by atoms with van der Waals surface area (Å²) in [7, 11) is 3.78. The number of anilines is 2. The molecule has 1 heterocycles. The number of aromatic nitrogens is 1. The van der Waals surface area contributed by atoms with Crippen LogP contribution in [-0.2, 0) is 11.3 Å². The normalized spacial score (nSPS) is 10.4. The molecule has 23 heavy (non-hydrogen) atoms. The third-order valence-electron chi connectivity index (χ3n) is 3.47. The fraction of sp³-hybridized carbons (Fsp3) is 0.294. The van der Waals surface area contributed by atoms with Crippen molar-refractivity contribution in [1.29, 1.82) is 0 Å². The first-order valence-electron chi connectivity index (χ1n) is 7.31. The molecular formula is C17H20FN3O2. The van der Waals surface area contributed by atoms with Crippen molar-refractivity contribution in [2.24, 2.45) is 0 Å². The van der Waals surface area contributed by atoms with Gasteiger partial charge in [0.1, 0.15) is 11.6 Å². The molecule has 5 nitrogen and oxygen atoms in total. The highest BCUT2D eigenvalue weighted by molar-refractivity contribution is 5.67. The minimum absolute atomic E-state index is 0.0239. The number of hydrogen-bond acceptors (Lipinski definition) is 4. The molecule has 0 unspecified atom stereocenters. The van der Waals surface area contributed by atoms with Crippen LogP contribution in [0.4, 0.5) is 15.9 Å². The maximum atomic E-state index is 13.9. The third kappa shape index (κ3) is 4.67. The van der Waals surface area contributed by atoms with Crippen LogP contribution in [0.2, 0.25) is 0 Å². The van der Waals surface area contributed by atoms with Gasteiger partial charge in [-0.15, -0.1) is 0 Å². The second kappa shape index (κ2) is 7.58. The number of carboxylic acids is 1. The molecule has 0 saturated heterocycles. The van der Waals surface area contributed by atoms with Crippen LogP contribution >= 0.6 is 0 Å². The van der Waals surface area contributed by atoms with Crippen molar-refractivity contribution in [2.45, 2.75) is 13.0 Å². The van der Waals surface area contributed by atoms with Gasteiger partial charge in [0, 0.05) is 32.7 Å². The molecule has 0 spiro atoms. The Balaban J connectivity index is 2.22. The maximum absolute atomic E-state index is 13.9. The number of aliphatic carboxylic acids is 1. The molecular weight excluding hydrogens is 297 g/mol. The summed E-state index contributed by atoms with van der Waals surface area (Å²) in [5.41, 5.74) is 1.29. The number of rotatable bonds is 7. The van der Waals surface area contributed by atoms with Crippen molar-refractivity contribution in [2.75, 3.05) is 30.4 Å². The molecule has 1 aromatic carbocycles. The molecule has 0 bridgehead atoms. The highest BCUT2D eigenvalue weighted by Gasteiger charge is 2.12. The molecule has 0 fully saturated rings. The van der Waals surface area contributed by atoms with E-state index in [4.69, 9.17) is 5.11 Å². The van der Waals surface area contributed by atoms with Gasteiger partial charge in [-0.1, -0.05) is 18.2 Å². The van der Waals surface area contributed by atoms with Gasteiger partial charge in [-0.3, -0.25) is 4.79 Å². The summed E-state index contributed by atoms with van der Waals surface area (Å²) in [6, 6.07) is 10.2. The van der Waals surface area contributed by atoms with Gasteiger partial charge < -0.3 is 14.9 Å². The summed E-state index contributed by atoms with van der Waals surface area (Å²) in [6.07, 6.45) is 1.65. The summed E-state index contributed by atoms with van der Waals surface area (Å²) in [6.45, 7) is 0.579. The lowest BCUT2D eigenvalue weighted by Crippen LogP contribution is -2.26. The van der Waals surface area contributed by atoms with Crippen molar-refractivity contribution >= 4 is 17.5 Å². The van der Waals surface area contributed by atoms with Crippen LogP contribution in [0.3, 0.4) is 0 Å². The third-order valence-corrected chi connectivity index (χ3v) is 3.47. The molecule has 0 radical (unpaired) electrons. The number of halogens is 1. The Labute approximate surface area is 135 Å². The maximum Gasteiger partial charge on any atom is 0.305 e. The van der Waals surface area contributed by atoms with Crippen molar-refractivity contribution < 1.29 is 14.3 Å². The van der Waals surface area contributed by atoms with Crippen LogP contribution in [0.1, 0.15) is 12.0 Å². The Morgan fingerprint density at radius 2 is 1.96 bits per heavy atom. The zero-order valence-corrected chi connectivity index (χ0v) is 13.2. The van der Waals surface area contributed by atoms with E-state index < -0.39 is 5.97 Å². The van der Waals surface area contributed by atoms with Gasteiger partial charge in [0.25, 0.3) is 0 Å². The van der Waals surface area contributed by atoms with Crippen LogP contribution in [0.25, 0.3) is 0 Å². The van der Waals surface area contributed by atoms with Gasteiger partial charge in [-0.25, -0.2) is 9.37 Å². The van der Waals surface area contributed by atoms with Gasteiger partial charge in [-0.2, -0.15) is 0 Å². The average Bonchev–Trinajstić information content (AvgIpc) is 2.53. The molecule has 6 heteroatoms. The van der Waals surface area contributed by atoms with Crippen LogP contribution < -0.4 is 9.80 Å². The number of benzene rings is 1. The van der Waals surface area contributed by atoms with E-state index in [1.54, 1.807) is 24.4 Å². The summed E-state index contributed by atoms with van der Waals surface area (Å²) in [5.74, 6) is -0.384. The molecule has 0 aliphatic carbocycles. The second-order valence-corrected chi connectivity index (χ2v) is 5.43. The molecule has 122 valence electrons. The Morgan fingerprint density at radius 3 is 2.52 bits per heavy atom. The van der Waals surface area contributed by atoms with Crippen molar-refractivity contribution in [3.8, 4) is 0 Å². The van der Waals surface area contributed by atoms with Gasteiger partial charge in [0.05, 0.1) is 18.3 Å². The van der Waals surface area contributed by atoms with Gasteiger partial charge in [0.2, 0.25) is 0 Å². The van der Waals surface area contributed by atoms with Crippen molar-refractivity contribution in [3.05, 3.63) is 54.0 Å². The van der Waals surface area contributed by atoms with Crippen LogP contribution in [0.5, 0.6) is 0 Å². The topological polar surface area (TPSA) is 56.7 Å². The SMILES string of the molecule is CN(C)c1ccc(N(CCC(=O)O)Cc2ccccc2F)cn1. The van der Waals surface area contributed by atoms with E-state index in [2.05, 4.69) is 4.98 Å². The highest BCUT2D eigenvalue weighted by atomic mass is 19.1. The monoisotopic (exact) mass is 317 g/mol. The fourth-order valence-electron chi connectivity index (χ4n) is 2.19. The first-order valence-corrected chi connectivity index (χ1v) is 7.31. The number of pyridine rings is 1. The molecule has 1 aromatic heterocycles. The second-order valence-electron chi connectivity index (χ2n) is 5.43. The Bertz CT molecular complexity index is 659. The molecule has 0 amide bonds. The quantitative estimate of drug-likeness (QED) is 0.851. The largest absolute Gasteiger partial charge is 0.481 e. The number of carboxylic acid groups (broad SMARTS) is 1. The molecule has 2 rings (SSSR count). The number of hydrogen-bond donors (Lipinski definition) is 1. The predicted molar refractivity (Wildman–Crippen MR) is 88.3 cm³/mol. The van der Waals surface area contributed by atoms with Crippen LogP contribution in [0, 0.1) is 5.82 Å². The Kier molecular flexibility index (Phi) is 5.51. The summed E-state index contributed by atoms with van der Waals surface area (Å²) < 4.78 is 13.9. The average molecular weight is 317 g/mol. The summed E-state index contributed by atoms with van der Waals surface area (Å²) in [5, 5.41) is 8.92. The molecule has 0 saturated carbocycles. The molecule has 0 aliphatic heterocycles. The molecule has 2 aromatic rings. The molecule has 0 aliphatic rings. The first-order chi connectivity index (χ1) is 11.0. The van der Waals surface area contributed by atoms with E-state index >= 15 is 0 Å². The van der Waals surface area contributed by atoms with E-state index in [9.17, 15) is 9.18 Å². The standard InChI is InChI=1S/C17H20FN3O2/c1-20(2)16-8-7-14(11-19-16)21(10-9-17(22)23)12-13-5-3-4-6-15(13)18/h3-8,11H,9-10,12H2,1-2H3,(H,22,23). The Morgan fingerprint density at radius 1 is 1.22 bits per heavy atom. The lowest BCUT2D eigenvalue weighted by atomic mass is 10.2. The lowest BCUT2D eigenvalue weighted by Gasteiger charge is -2.25. The molecule has 1 N–H and O–H groups in total. The van der Waals surface area contributed by atoms with Crippen LogP contribution in [-0.4, -0.2) is 36.7 Å². The van der Waals surface area contributed by atoms with E-state index in [0.717, 1.165) is 11.5 Å². The number of nitrogens with zero attached hydrogens (tertiary/aromatic N) is 3. The first kappa shape index (κ1) is 16.7. The summed E-state index contributed by atoms with van der Waals surface area (Å²) in [4.78, 5) is 18.9. The highest BCUT2D eigenvalue weighted by Crippen LogP contribution is 2.20. The number of carbonyl (C=O) groups is 1. The van der Waals surface area contributed by atoms with Gasteiger partial charge in [-0.05, 0) is 18.2 Å². The Hall–Kier alpha value is -2.63. The van der Waals surface area contributed by atoms with Crippen molar-refractivity contribution in [3.63, 3.8) is 0 Å². The predicted octanol–water partition coefficient (Wildman–Crippen LogP) is 2.77. The summed E-state index contributed by atoms with van der Waals surface area (Å²) >= 11 is 0. The van der Waals surface area contributed by atoms with E-state index in [1.807, 2.05) is 36.0 Å². The van der Waals surface area contributed by atoms with Crippen LogP contribution in [0.15, 0.2) is 42.6 Å². The lowest BCUT2D eigenvalue weighted by molar-refractivity contribution is -0.136. The van der Waals surface area contributed by atoms with E-state index in [1.165, 1.54) is 6.07 Å². The van der Waals surface area contributed by atoms with E-state index in [0.29, 0.717) is 12.1 Å². The minimum Gasteiger partial charge on any atom is -0.481 e. The minimum atomic E-state index is -0.888. The van der Waals surface area contributed by atoms with Gasteiger partial charge >= 0.3 is 5.97 Å². The molecule has 0 atom stereocenters. The van der Waals surface area contributed by atoms with Gasteiger partial charge in [0.15, 0.2) is 0 Å². The fourth-order valence-corrected chi connectivity index (χ4v) is 2.19.